The van der Waals surface area contributed by atoms with Crippen LogP contribution in [-0.2, 0) is 4.79 Å². The molecule has 7 heteroatoms. The molecule has 1 atom stereocenters. The summed E-state index contributed by atoms with van der Waals surface area (Å²) in [5.41, 5.74) is 1.90. The van der Waals surface area contributed by atoms with Crippen molar-refractivity contribution < 1.29 is 18.3 Å². The first-order chi connectivity index (χ1) is 14.6. The smallest absolute Gasteiger partial charge is 0.222 e. The molecule has 1 aromatic heterocycles. The van der Waals surface area contributed by atoms with Crippen molar-refractivity contribution in [3.05, 3.63) is 34.7 Å². The van der Waals surface area contributed by atoms with E-state index in [0.717, 1.165) is 41.4 Å². The number of piperidine rings is 1. The second-order valence-electron chi connectivity index (χ2n) is 6.51. The Morgan fingerprint density at radius 3 is 2.67 bits per heavy atom. The van der Waals surface area contributed by atoms with Gasteiger partial charge in [0.15, 0.2) is 0 Å². The fourth-order valence-corrected chi connectivity index (χ4v) is 4.18. The van der Waals surface area contributed by atoms with Crippen molar-refractivity contribution in [1.29, 1.82) is 0 Å². The minimum absolute atomic E-state index is 0.0591. The number of hydrogen-bond acceptors (Lipinski definition) is 4. The average molecular weight is 441 g/mol. The summed E-state index contributed by atoms with van der Waals surface area (Å²) in [6.07, 6.45) is 2.62. The predicted molar refractivity (Wildman–Crippen MR) is 121 cm³/mol. The Labute approximate surface area is 183 Å². The van der Waals surface area contributed by atoms with Crippen LogP contribution in [0.3, 0.4) is 0 Å². The van der Waals surface area contributed by atoms with Crippen molar-refractivity contribution in [1.82, 2.24) is 9.88 Å². The number of carbonyl (C=O) groups is 1. The lowest BCUT2D eigenvalue weighted by Gasteiger charge is -2.31. The number of hydrogen-bond donors (Lipinski definition) is 0. The number of thiazole rings is 1. The molecule has 1 aromatic carbocycles. The SMILES string of the molecule is CC.CCF.COc1ccccc1-c1csc([C@@H]2CCCN(C(=O)CCCF)C2)n1. The Kier molecular flexibility index (Phi) is 12.9. The summed E-state index contributed by atoms with van der Waals surface area (Å²) >= 11 is 1.64. The van der Waals surface area contributed by atoms with Gasteiger partial charge in [0.05, 0.1) is 31.2 Å². The molecule has 30 heavy (non-hydrogen) atoms. The molecule has 1 aliphatic rings. The number of nitrogens with zero attached hydrogens (tertiary/aromatic N) is 2. The summed E-state index contributed by atoms with van der Waals surface area (Å²) in [4.78, 5) is 18.8. The van der Waals surface area contributed by atoms with Gasteiger partial charge < -0.3 is 9.64 Å². The lowest BCUT2D eigenvalue weighted by molar-refractivity contribution is -0.132. The highest BCUT2D eigenvalue weighted by molar-refractivity contribution is 7.10. The lowest BCUT2D eigenvalue weighted by atomic mass is 9.98. The standard InChI is InChI=1S/C19H23FN2O2S.C2H5F.C2H6/c1-24-17-8-3-2-7-15(17)16-13-25-19(21-16)14-6-5-11-22(12-14)18(23)9-4-10-20;1-2-3;1-2/h2-3,7-8,13-14H,4-6,9-12H2,1H3;2H2,1H3;1-2H3/t14-;;/m1../s1. The van der Waals surface area contributed by atoms with Crippen LogP contribution in [-0.4, -0.2) is 49.3 Å². The highest BCUT2D eigenvalue weighted by Gasteiger charge is 2.26. The van der Waals surface area contributed by atoms with Crippen molar-refractivity contribution in [2.45, 2.75) is 52.4 Å². The van der Waals surface area contributed by atoms with E-state index in [1.807, 2.05) is 43.0 Å². The van der Waals surface area contributed by atoms with Crippen LogP contribution in [0.5, 0.6) is 5.75 Å². The third-order valence-corrected chi connectivity index (χ3v) is 5.56. The van der Waals surface area contributed by atoms with Crippen LogP contribution in [0.15, 0.2) is 29.6 Å². The highest BCUT2D eigenvalue weighted by atomic mass is 32.1. The zero-order valence-corrected chi connectivity index (χ0v) is 19.3. The van der Waals surface area contributed by atoms with E-state index in [-0.39, 0.29) is 18.5 Å². The number of amides is 1. The van der Waals surface area contributed by atoms with Crippen LogP contribution in [0, 0.1) is 0 Å². The maximum Gasteiger partial charge on any atom is 0.222 e. The summed E-state index contributed by atoms with van der Waals surface area (Å²) in [7, 11) is 1.66. The van der Waals surface area contributed by atoms with E-state index in [9.17, 15) is 13.6 Å². The number of benzene rings is 1. The van der Waals surface area contributed by atoms with Crippen molar-refractivity contribution >= 4 is 17.2 Å². The van der Waals surface area contributed by atoms with E-state index in [4.69, 9.17) is 9.72 Å². The Morgan fingerprint density at radius 2 is 2.00 bits per heavy atom. The van der Waals surface area contributed by atoms with E-state index in [1.54, 1.807) is 18.4 Å². The fraction of sp³-hybridized carbons (Fsp3) is 0.565. The van der Waals surface area contributed by atoms with E-state index in [2.05, 4.69) is 5.38 Å². The van der Waals surface area contributed by atoms with Crippen molar-refractivity contribution in [2.75, 3.05) is 33.5 Å². The molecule has 1 saturated heterocycles. The van der Waals surface area contributed by atoms with Crippen molar-refractivity contribution in [2.24, 2.45) is 0 Å². The minimum atomic E-state index is -0.433. The first-order valence-corrected chi connectivity index (χ1v) is 11.5. The number of ether oxygens (including phenoxy) is 1. The number of halogens is 2. The van der Waals surface area contributed by atoms with Gasteiger partial charge in [-0.1, -0.05) is 26.0 Å². The average Bonchev–Trinajstić information content (AvgIpc) is 3.29. The van der Waals surface area contributed by atoms with Gasteiger partial charge in [-0.2, -0.15) is 0 Å². The summed E-state index contributed by atoms with van der Waals surface area (Å²) in [5.74, 6) is 1.13. The van der Waals surface area contributed by atoms with Crippen LogP contribution in [0.2, 0.25) is 0 Å². The van der Waals surface area contributed by atoms with Crippen LogP contribution in [0.25, 0.3) is 11.3 Å². The zero-order chi connectivity index (χ0) is 22.4. The maximum absolute atomic E-state index is 12.3. The van der Waals surface area contributed by atoms with Gasteiger partial charge in [0.2, 0.25) is 5.91 Å². The van der Waals surface area contributed by atoms with Crippen LogP contribution in [0.4, 0.5) is 8.78 Å². The topological polar surface area (TPSA) is 42.4 Å². The third kappa shape index (κ3) is 7.67. The molecule has 0 aliphatic carbocycles. The second-order valence-corrected chi connectivity index (χ2v) is 7.40. The fourth-order valence-electron chi connectivity index (χ4n) is 3.24. The van der Waals surface area contributed by atoms with Gasteiger partial charge in [-0.25, -0.2) is 4.98 Å². The normalized spacial score (nSPS) is 15.4. The summed E-state index contributed by atoms with van der Waals surface area (Å²) < 4.78 is 28.0. The number of likely N-dealkylation sites (tertiary alicyclic amines) is 1. The predicted octanol–water partition coefficient (Wildman–Crippen LogP) is 6.28. The van der Waals surface area contributed by atoms with Gasteiger partial charge in [0.25, 0.3) is 0 Å². The number of methoxy groups -OCH3 is 1. The summed E-state index contributed by atoms with van der Waals surface area (Å²) in [6.45, 7) is 6.23. The van der Waals surface area contributed by atoms with E-state index in [0.29, 0.717) is 19.4 Å². The zero-order valence-electron chi connectivity index (χ0n) is 18.5. The Balaban J connectivity index is 0.000000826. The van der Waals surface area contributed by atoms with Crippen LogP contribution in [0.1, 0.15) is 57.4 Å². The number of aromatic nitrogens is 1. The molecule has 0 radical (unpaired) electrons. The van der Waals surface area contributed by atoms with Gasteiger partial charge in [0.1, 0.15) is 5.75 Å². The van der Waals surface area contributed by atoms with Crippen LogP contribution >= 0.6 is 11.3 Å². The summed E-state index contributed by atoms with van der Waals surface area (Å²) in [6, 6.07) is 7.85. The molecule has 1 fully saturated rings. The van der Waals surface area contributed by atoms with Gasteiger partial charge >= 0.3 is 0 Å². The number of alkyl halides is 2. The quantitative estimate of drug-likeness (QED) is 0.531. The van der Waals surface area contributed by atoms with E-state index in [1.165, 1.54) is 6.92 Å². The number of carbonyl (C=O) groups excluding carboxylic acids is 1. The second kappa shape index (κ2) is 14.9. The molecular weight excluding hydrogens is 406 g/mol. The molecule has 0 N–H and O–H groups in total. The van der Waals surface area contributed by atoms with E-state index >= 15 is 0 Å². The number of rotatable bonds is 6. The molecule has 1 aliphatic heterocycles. The monoisotopic (exact) mass is 440 g/mol. The summed E-state index contributed by atoms with van der Waals surface area (Å²) in [5, 5.41) is 3.11. The lowest BCUT2D eigenvalue weighted by Crippen LogP contribution is -2.39. The van der Waals surface area contributed by atoms with Crippen molar-refractivity contribution in [3.63, 3.8) is 0 Å². The molecule has 4 nitrogen and oxygen atoms in total. The molecule has 0 spiro atoms. The highest BCUT2D eigenvalue weighted by Crippen LogP contribution is 2.35. The van der Waals surface area contributed by atoms with Gasteiger partial charge in [-0.15, -0.1) is 11.3 Å². The first-order valence-electron chi connectivity index (χ1n) is 10.6. The maximum atomic E-state index is 12.3. The molecular formula is C23H34F2N2O2S. The van der Waals surface area contributed by atoms with Gasteiger partial charge in [0, 0.05) is 36.4 Å². The van der Waals surface area contributed by atoms with Crippen molar-refractivity contribution in [3.8, 4) is 17.0 Å². The molecule has 1 amide bonds. The molecule has 168 valence electrons. The van der Waals surface area contributed by atoms with E-state index < -0.39 is 6.67 Å². The third-order valence-electron chi connectivity index (χ3n) is 4.55. The van der Waals surface area contributed by atoms with Crippen LogP contribution < -0.4 is 4.74 Å². The molecule has 3 rings (SSSR count). The first kappa shape index (κ1) is 26.0. The molecule has 2 heterocycles. The number of para-hydroxylation sites is 1. The Morgan fingerprint density at radius 1 is 1.30 bits per heavy atom. The van der Waals surface area contributed by atoms with Gasteiger partial charge in [-0.05, 0) is 38.3 Å². The molecule has 0 bridgehead atoms. The Hall–Kier alpha value is -2.02. The minimum Gasteiger partial charge on any atom is -0.496 e. The molecule has 2 aromatic rings. The Bertz CT molecular complexity index is 739. The largest absolute Gasteiger partial charge is 0.496 e. The molecule has 0 unspecified atom stereocenters. The van der Waals surface area contributed by atoms with Gasteiger partial charge in [-0.3, -0.25) is 13.6 Å². The molecule has 0 saturated carbocycles.